The molecule has 182 valence electrons. The number of rotatable bonds is 8. The van der Waals surface area contributed by atoms with Gasteiger partial charge in [0, 0.05) is 52.1 Å². The average Bonchev–Trinajstić information content (AvgIpc) is 3.41. The fraction of sp³-hybridized carbons (Fsp3) is 0.480. The number of benzene rings is 1. The standard InChI is InChI=1S/C25H33N5O4/c1-33-20-8-6-19(7-9-20)10-12-27-25(32)30-15-13-29(14-16-30)23-22(5-2-11-26-23)24(31)28-18-21-4-3-17-34-21/h2,5-9,11,21H,3-4,10,12-18H2,1H3,(H,27,32)(H,28,31). The summed E-state index contributed by atoms with van der Waals surface area (Å²) < 4.78 is 10.8. The predicted molar refractivity (Wildman–Crippen MR) is 129 cm³/mol. The van der Waals surface area contributed by atoms with Crippen molar-refractivity contribution in [1.29, 1.82) is 0 Å². The third-order valence-electron chi connectivity index (χ3n) is 6.26. The Bertz CT molecular complexity index is 954. The smallest absolute Gasteiger partial charge is 0.317 e. The third-order valence-corrected chi connectivity index (χ3v) is 6.26. The lowest BCUT2D eigenvalue weighted by Crippen LogP contribution is -2.52. The molecule has 0 bridgehead atoms. The van der Waals surface area contributed by atoms with Crippen LogP contribution in [0, 0.1) is 0 Å². The number of nitrogens with one attached hydrogen (secondary N) is 2. The lowest BCUT2D eigenvalue weighted by atomic mass is 10.1. The molecule has 1 aromatic carbocycles. The van der Waals surface area contributed by atoms with Crippen molar-refractivity contribution >= 4 is 17.8 Å². The van der Waals surface area contributed by atoms with Crippen LogP contribution < -0.4 is 20.3 Å². The van der Waals surface area contributed by atoms with E-state index in [0.717, 1.165) is 37.2 Å². The van der Waals surface area contributed by atoms with Crippen molar-refractivity contribution in [2.24, 2.45) is 0 Å². The molecule has 0 aliphatic carbocycles. The van der Waals surface area contributed by atoms with Crippen LogP contribution in [0.15, 0.2) is 42.6 Å². The first-order chi connectivity index (χ1) is 16.6. The van der Waals surface area contributed by atoms with Gasteiger partial charge in [0.15, 0.2) is 0 Å². The van der Waals surface area contributed by atoms with Crippen LogP contribution in [0.3, 0.4) is 0 Å². The minimum Gasteiger partial charge on any atom is -0.497 e. The Morgan fingerprint density at radius 1 is 1.12 bits per heavy atom. The van der Waals surface area contributed by atoms with Gasteiger partial charge in [-0.1, -0.05) is 12.1 Å². The Morgan fingerprint density at radius 3 is 2.62 bits per heavy atom. The highest BCUT2D eigenvalue weighted by molar-refractivity contribution is 5.99. The van der Waals surface area contributed by atoms with Gasteiger partial charge in [-0.05, 0) is 49.1 Å². The number of anilines is 1. The summed E-state index contributed by atoms with van der Waals surface area (Å²) in [5.74, 6) is 1.34. The summed E-state index contributed by atoms with van der Waals surface area (Å²) in [6, 6.07) is 11.4. The van der Waals surface area contributed by atoms with Crippen molar-refractivity contribution in [2.45, 2.75) is 25.4 Å². The molecule has 4 rings (SSSR count). The molecule has 2 saturated heterocycles. The van der Waals surface area contributed by atoms with E-state index < -0.39 is 0 Å². The number of methoxy groups -OCH3 is 1. The second-order valence-electron chi connectivity index (χ2n) is 8.52. The van der Waals surface area contributed by atoms with Gasteiger partial charge in [-0.2, -0.15) is 0 Å². The molecule has 2 aliphatic heterocycles. The first-order valence-electron chi connectivity index (χ1n) is 11.9. The maximum Gasteiger partial charge on any atom is 0.317 e. The molecule has 2 fully saturated rings. The average molecular weight is 468 g/mol. The van der Waals surface area contributed by atoms with Crippen LogP contribution in [0.5, 0.6) is 5.75 Å². The molecule has 9 nitrogen and oxygen atoms in total. The van der Waals surface area contributed by atoms with Gasteiger partial charge in [0.1, 0.15) is 11.6 Å². The van der Waals surface area contributed by atoms with E-state index in [0.29, 0.717) is 50.6 Å². The highest BCUT2D eigenvalue weighted by Gasteiger charge is 2.25. The normalized spacial score (nSPS) is 18.0. The third kappa shape index (κ3) is 6.17. The fourth-order valence-corrected chi connectivity index (χ4v) is 4.27. The number of piperazine rings is 1. The van der Waals surface area contributed by atoms with Crippen LogP contribution in [0.4, 0.5) is 10.6 Å². The van der Waals surface area contributed by atoms with Crippen LogP contribution in [0.25, 0.3) is 0 Å². The number of amides is 3. The van der Waals surface area contributed by atoms with Gasteiger partial charge in [-0.3, -0.25) is 4.79 Å². The van der Waals surface area contributed by atoms with Gasteiger partial charge < -0.3 is 29.9 Å². The highest BCUT2D eigenvalue weighted by atomic mass is 16.5. The number of carbonyl (C=O) groups excluding carboxylic acids is 2. The lowest BCUT2D eigenvalue weighted by Gasteiger charge is -2.36. The summed E-state index contributed by atoms with van der Waals surface area (Å²) in [4.78, 5) is 33.8. The lowest BCUT2D eigenvalue weighted by molar-refractivity contribution is 0.0857. The number of urea groups is 1. The van der Waals surface area contributed by atoms with Crippen molar-refractivity contribution < 1.29 is 19.1 Å². The van der Waals surface area contributed by atoms with Crippen LogP contribution >= 0.6 is 0 Å². The zero-order valence-corrected chi connectivity index (χ0v) is 19.7. The van der Waals surface area contributed by atoms with Gasteiger partial charge in [0.25, 0.3) is 5.91 Å². The molecule has 1 unspecified atom stereocenters. The molecule has 3 amide bonds. The quantitative estimate of drug-likeness (QED) is 0.617. The van der Waals surface area contributed by atoms with Gasteiger partial charge >= 0.3 is 6.03 Å². The minimum atomic E-state index is -0.141. The van der Waals surface area contributed by atoms with Gasteiger partial charge in [-0.25, -0.2) is 9.78 Å². The number of pyridine rings is 1. The Morgan fingerprint density at radius 2 is 1.91 bits per heavy atom. The largest absolute Gasteiger partial charge is 0.497 e. The number of carbonyl (C=O) groups is 2. The van der Waals surface area contributed by atoms with Crippen LogP contribution in [0.2, 0.25) is 0 Å². The van der Waals surface area contributed by atoms with Crippen molar-refractivity contribution in [3.63, 3.8) is 0 Å². The highest BCUT2D eigenvalue weighted by Crippen LogP contribution is 2.20. The van der Waals surface area contributed by atoms with Gasteiger partial charge in [-0.15, -0.1) is 0 Å². The number of hydrogen-bond donors (Lipinski definition) is 2. The molecular formula is C25H33N5O4. The van der Waals surface area contributed by atoms with Gasteiger partial charge in [0.05, 0.1) is 18.8 Å². The molecule has 2 N–H and O–H groups in total. The molecule has 0 spiro atoms. The van der Waals surface area contributed by atoms with Crippen molar-refractivity contribution in [1.82, 2.24) is 20.5 Å². The van der Waals surface area contributed by atoms with Crippen LogP contribution in [0.1, 0.15) is 28.8 Å². The zero-order chi connectivity index (χ0) is 23.8. The Labute approximate surface area is 200 Å². The molecule has 1 aromatic heterocycles. The SMILES string of the molecule is COc1ccc(CCNC(=O)N2CCN(c3ncccc3C(=O)NCC3CCCO3)CC2)cc1. The Balaban J connectivity index is 1.24. The molecule has 1 atom stereocenters. The Hall–Kier alpha value is -3.33. The van der Waals surface area contributed by atoms with E-state index in [2.05, 4.69) is 20.5 Å². The molecular weight excluding hydrogens is 434 g/mol. The molecule has 0 saturated carbocycles. The van der Waals surface area contributed by atoms with E-state index in [4.69, 9.17) is 9.47 Å². The molecule has 2 aliphatic rings. The number of aromatic nitrogens is 1. The summed E-state index contributed by atoms with van der Waals surface area (Å²) in [6.07, 6.45) is 4.57. The number of nitrogens with zero attached hydrogens (tertiary/aromatic N) is 3. The molecule has 0 radical (unpaired) electrons. The second kappa shape index (κ2) is 11.7. The van der Waals surface area contributed by atoms with E-state index in [1.807, 2.05) is 29.2 Å². The van der Waals surface area contributed by atoms with Crippen molar-refractivity contribution in [2.75, 3.05) is 57.9 Å². The number of ether oxygens (including phenoxy) is 2. The first kappa shape index (κ1) is 23.8. The molecule has 3 heterocycles. The van der Waals surface area contributed by atoms with E-state index in [1.165, 1.54) is 0 Å². The van der Waals surface area contributed by atoms with E-state index >= 15 is 0 Å². The summed E-state index contributed by atoms with van der Waals surface area (Å²) in [7, 11) is 1.64. The summed E-state index contributed by atoms with van der Waals surface area (Å²) in [6.45, 7) is 4.23. The molecule has 2 aromatic rings. The van der Waals surface area contributed by atoms with Crippen molar-refractivity contribution in [3.8, 4) is 5.75 Å². The van der Waals surface area contributed by atoms with E-state index in [-0.39, 0.29) is 18.0 Å². The maximum absolute atomic E-state index is 12.8. The summed E-state index contributed by atoms with van der Waals surface area (Å²) in [5.41, 5.74) is 1.70. The summed E-state index contributed by atoms with van der Waals surface area (Å²) in [5, 5.41) is 5.98. The van der Waals surface area contributed by atoms with Crippen LogP contribution in [-0.4, -0.2) is 80.9 Å². The van der Waals surface area contributed by atoms with Gasteiger partial charge in [0.2, 0.25) is 0 Å². The minimum absolute atomic E-state index is 0.0660. The predicted octanol–water partition coefficient (Wildman–Crippen LogP) is 2.07. The molecule has 34 heavy (non-hydrogen) atoms. The zero-order valence-electron chi connectivity index (χ0n) is 19.7. The van der Waals surface area contributed by atoms with Crippen molar-refractivity contribution in [3.05, 3.63) is 53.7 Å². The number of hydrogen-bond acceptors (Lipinski definition) is 6. The Kier molecular flexibility index (Phi) is 8.19. The summed E-state index contributed by atoms with van der Waals surface area (Å²) >= 11 is 0. The molecule has 9 heteroatoms. The topological polar surface area (TPSA) is 96.0 Å². The second-order valence-corrected chi connectivity index (χ2v) is 8.52. The monoisotopic (exact) mass is 467 g/mol. The fourth-order valence-electron chi connectivity index (χ4n) is 4.27. The first-order valence-corrected chi connectivity index (χ1v) is 11.9. The van der Waals surface area contributed by atoms with E-state index in [1.54, 1.807) is 25.4 Å². The van der Waals surface area contributed by atoms with Crippen LogP contribution in [-0.2, 0) is 11.2 Å². The maximum atomic E-state index is 12.8. The van der Waals surface area contributed by atoms with E-state index in [9.17, 15) is 9.59 Å².